The third-order valence-corrected chi connectivity index (χ3v) is 5.69. The molecule has 1 amide bonds. The lowest BCUT2D eigenvalue weighted by Gasteiger charge is -2.30. The second-order valence-electron chi connectivity index (χ2n) is 7.22. The number of rotatable bonds is 7. The van der Waals surface area contributed by atoms with Gasteiger partial charge in [0.05, 0.1) is 16.8 Å². The van der Waals surface area contributed by atoms with Gasteiger partial charge < -0.3 is 14.8 Å². The van der Waals surface area contributed by atoms with Crippen LogP contribution in [0.4, 0.5) is 0 Å². The van der Waals surface area contributed by atoms with Crippen molar-refractivity contribution in [2.24, 2.45) is 5.92 Å². The zero-order chi connectivity index (χ0) is 19.9. The van der Waals surface area contributed by atoms with Gasteiger partial charge in [0.25, 0.3) is 5.91 Å². The quantitative estimate of drug-likeness (QED) is 0.709. The average Bonchev–Trinajstić information content (AvgIpc) is 3.22. The summed E-state index contributed by atoms with van der Waals surface area (Å²) in [7, 11) is 0. The van der Waals surface area contributed by atoms with Gasteiger partial charge in [-0.25, -0.2) is 9.78 Å². The molecule has 28 heavy (non-hydrogen) atoms. The Morgan fingerprint density at radius 1 is 1.25 bits per heavy atom. The van der Waals surface area contributed by atoms with Crippen LogP contribution in [0.3, 0.4) is 0 Å². The van der Waals surface area contributed by atoms with Gasteiger partial charge in [-0.1, -0.05) is 19.8 Å². The van der Waals surface area contributed by atoms with Crippen molar-refractivity contribution in [2.45, 2.75) is 58.3 Å². The van der Waals surface area contributed by atoms with E-state index in [2.05, 4.69) is 17.2 Å². The van der Waals surface area contributed by atoms with E-state index in [1.54, 1.807) is 36.7 Å². The molecule has 1 saturated carbocycles. The van der Waals surface area contributed by atoms with Gasteiger partial charge in [0.15, 0.2) is 6.10 Å². The predicted molar refractivity (Wildman–Crippen MR) is 107 cm³/mol. The minimum Gasteiger partial charge on any atom is -0.487 e. The summed E-state index contributed by atoms with van der Waals surface area (Å²) in [5, 5.41) is 4.95. The zero-order valence-corrected chi connectivity index (χ0v) is 17.0. The molecule has 1 N–H and O–H groups in total. The SMILES string of the molecule is C[C@H](OC(=O)c1ccc(OCc2cscn2)cc1)C(=O)N[C@@H]1CCCC[C@@H]1C. The van der Waals surface area contributed by atoms with Gasteiger partial charge in [-0.3, -0.25) is 4.79 Å². The van der Waals surface area contributed by atoms with Crippen LogP contribution in [-0.2, 0) is 16.1 Å². The van der Waals surface area contributed by atoms with E-state index < -0.39 is 12.1 Å². The highest BCUT2D eigenvalue weighted by Gasteiger charge is 2.26. The Balaban J connectivity index is 1.48. The van der Waals surface area contributed by atoms with E-state index in [1.807, 2.05) is 5.38 Å². The fourth-order valence-corrected chi connectivity index (χ4v) is 3.81. The number of benzene rings is 1. The topological polar surface area (TPSA) is 77.5 Å². The summed E-state index contributed by atoms with van der Waals surface area (Å²) >= 11 is 1.51. The summed E-state index contributed by atoms with van der Waals surface area (Å²) in [6, 6.07) is 6.84. The molecule has 1 aliphatic rings. The summed E-state index contributed by atoms with van der Waals surface area (Å²) in [6.07, 6.45) is 3.61. The highest BCUT2D eigenvalue weighted by Crippen LogP contribution is 2.24. The fourth-order valence-electron chi connectivity index (χ4n) is 3.27. The van der Waals surface area contributed by atoms with Crippen LogP contribution in [0.5, 0.6) is 5.75 Å². The van der Waals surface area contributed by atoms with E-state index in [-0.39, 0.29) is 11.9 Å². The average molecular weight is 403 g/mol. The molecule has 3 atom stereocenters. The highest BCUT2D eigenvalue weighted by atomic mass is 32.1. The summed E-state index contributed by atoms with van der Waals surface area (Å²) in [6.45, 7) is 4.13. The summed E-state index contributed by atoms with van der Waals surface area (Å²) in [5.74, 6) is 0.333. The van der Waals surface area contributed by atoms with Crippen molar-refractivity contribution >= 4 is 23.2 Å². The molecule has 0 spiro atoms. The largest absolute Gasteiger partial charge is 0.487 e. The molecule has 3 rings (SSSR count). The maximum absolute atomic E-state index is 12.4. The molecule has 1 fully saturated rings. The molecule has 2 aromatic rings. The summed E-state index contributed by atoms with van der Waals surface area (Å²) in [4.78, 5) is 28.8. The Morgan fingerprint density at radius 2 is 2.00 bits per heavy atom. The first-order chi connectivity index (χ1) is 13.5. The number of hydrogen-bond donors (Lipinski definition) is 1. The lowest BCUT2D eigenvalue weighted by molar-refractivity contribution is -0.130. The van der Waals surface area contributed by atoms with E-state index in [9.17, 15) is 9.59 Å². The fraction of sp³-hybridized carbons (Fsp3) is 0.476. The number of aromatic nitrogens is 1. The molecule has 0 radical (unpaired) electrons. The van der Waals surface area contributed by atoms with Crippen molar-refractivity contribution < 1.29 is 19.1 Å². The monoisotopic (exact) mass is 402 g/mol. The van der Waals surface area contributed by atoms with Gasteiger partial charge in [0.2, 0.25) is 0 Å². The molecule has 1 aromatic heterocycles. The van der Waals surface area contributed by atoms with Crippen LogP contribution in [-0.4, -0.2) is 29.0 Å². The van der Waals surface area contributed by atoms with Crippen LogP contribution >= 0.6 is 11.3 Å². The number of nitrogens with zero attached hydrogens (tertiary/aromatic N) is 1. The highest BCUT2D eigenvalue weighted by molar-refractivity contribution is 7.07. The maximum Gasteiger partial charge on any atom is 0.338 e. The normalized spacial score (nSPS) is 20.2. The minimum absolute atomic E-state index is 0.163. The molecule has 7 heteroatoms. The van der Waals surface area contributed by atoms with Crippen LogP contribution < -0.4 is 10.1 Å². The molecule has 6 nitrogen and oxygen atoms in total. The van der Waals surface area contributed by atoms with Crippen molar-refractivity contribution in [3.63, 3.8) is 0 Å². The molecule has 0 aliphatic heterocycles. The van der Waals surface area contributed by atoms with E-state index >= 15 is 0 Å². The number of esters is 1. The molecule has 0 bridgehead atoms. The number of carbonyl (C=O) groups excluding carboxylic acids is 2. The van der Waals surface area contributed by atoms with Crippen molar-refractivity contribution in [3.8, 4) is 5.75 Å². The smallest absolute Gasteiger partial charge is 0.338 e. The number of thiazole rings is 1. The van der Waals surface area contributed by atoms with Crippen molar-refractivity contribution in [1.82, 2.24) is 10.3 Å². The Labute approximate surface area is 169 Å². The number of carbonyl (C=O) groups is 2. The van der Waals surface area contributed by atoms with Gasteiger partial charge in [-0.2, -0.15) is 0 Å². The minimum atomic E-state index is -0.831. The van der Waals surface area contributed by atoms with Gasteiger partial charge in [-0.05, 0) is 49.9 Å². The second kappa shape index (κ2) is 9.68. The first-order valence-electron chi connectivity index (χ1n) is 9.64. The Kier molecular flexibility index (Phi) is 7.03. The Bertz CT molecular complexity index is 776. The number of ether oxygens (including phenoxy) is 2. The van der Waals surface area contributed by atoms with Gasteiger partial charge in [0.1, 0.15) is 12.4 Å². The number of nitrogens with one attached hydrogen (secondary N) is 1. The Morgan fingerprint density at radius 3 is 2.68 bits per heavy atom. The van der Waals surface area contributed by atoms with Crippen molar-refractivity contribution in [1.29, 1.82) is 0 Å². The van der Waals surface area contributed by atoms with E-state index in [0.717, 1.165) is 25.0 Å². The van der Waals surface area contributed by atoms with Crippen LogP contribution in [0.2, 0.25) is 0 Å². The zero-order valence-electron chi connectivity index (χ0n) is 16.2. The van der Waals surface area contributed by atoms with Crippen LogP contribution in [0.15, 0.2) is 35.2 Å². The summed E-state index contributed by atoms with van der Waals surface area (Å²) in [5.41, 5.74) is 3.00. The third kappa shape index (κ3) is 5.55. The van der Waals surface area contributed by atoms with Crippen molar-refractivity contribution in [3.05, 3.63) is 46.4 Å². The third-order valence-electron chi connectivity index (χ3n) is 5.05. The van der Waals surface area contributed by atoms with Gasteiger partial charge in [-0.15, -0.1) is 11.3 Å². The van der Waals surface area contributed by atoms with E-state index in [0.29, 0.717) is 23.8 Å². The molecule has 0 saturated heterocycles. The van der Waals surface area contributed by atoms with Crippen molar-refractivity contribution in [2.75, 3.05) is 0 Å². The Hall–Kier alpha value is -2.41. The predicted octanol–water partition coefficient (Wildman–Crippen LogP) is 3.96. The van der Waals surface area contributed by atoms with E-state index in [4.69, 9.17) is 9.47 Å². The molecule has 1 heterocycles. The van der Waals surface area contributed by atoms with Gasteiger partial charge >= 0.3 is 5.97 Å². The molecular weight excluding hydrogens is 376 g/mol. The van der Waals surface area contributed by atoms with Gasteiger partial charge in [0, 0.05) is 11.4 Å². The summed E-state index contributed by atoms with van der Waals surface area (Å²) < 4.78 is 11.0. The first-order valence-corrected chi connectivity index (χ1v) is 10.6. The first kappa shape index (κ1) is 20.3. The lowest BCUT2D eigenvalue weighted by Crippen LogP contribution is -2.45. The molecule has 0 unspecified atom stereocenters. The molecule has 150 valence electrons. The maximum atomic E-state index is 12.4. The molecule has 1 aromatic carbocycles. The van der Waals surface area contributed by atoms with Crippen LogP contribution in [0.1, 0.15) is 55.6 Å². The standard InChI is InChI=1S/C21H26N2O4S/c1-14-5-3-4-6-19(14)23-20(24)15(2)27-21(25)16-7-9-18(10-8-16)26-11-17-12-28-13-22-17/h7-10,12-15,19H,3-6,11H2,1-2H3,(H,23,24)/t14-,15-,19+/m0/s1. The lowest BCUT2D eigenvalue weighted by atomic mass is 9.86. The number of hydrogen-bond acceptors (Lipinski definition) is 6. The molecule has 1 aliphatic carbocycles. The number of amides is 1. The van der Waals surface area contributed by atoms with E-state index in [1.165, 1.54) is 17.8 Å². The molecular formula is C21H26N2O4S. The van der Waals surface area contributed by atoms with Crippen LogP contribution in [0, 0.1) is 5.92 Å². The van der Waals surface area contributed by atoms with Crippen LogP contribution in [0.25, 0.3) is 0 Å². The second-order valence-corrected chi connectivity index (χ2v) is 7.94.